The van der Waals surface area contributed by atoms with Gasteiger partial charge in [0.15, 0.2) is 0 Å². The quantitative estimate of drug-likeness (QED) is 0.141. The smallest absolute Gasteiger partial charge is 0.252 e. The zero-order chi connectivity index (χ0) is 54.1. The van der Waals surface area contributed by atoms with Crippen molar-refractivity contribution in [3.8, 4) is 11.1 Å². The molecule has 82 heavy (non-hydrogen) atoms. The van der Waals surface area contributed by atoms with E-state index < -0.39 is 0 Å². The monoisotopic (exact) mass is 1050 g/mol. The third-order valence-electron chi connectivity index (χ3n) is 17.6. The van der Waals surface area contributed by atoms with Crippen LogP contribution in [0, 0.1) is 0 Å². The number of rotatable bonds is 8. The lowest BCUT2D eigenvalue weighted by atomic mass is 9.30. The summed E-state index contributed by atoms with van der Waals surface area (Å²) in [5, 5.41) is 0. The number of fused-ring (bicyclic) bond motifs is 8. The Morgan fingerprint density at radius 1 is 0.354 bits per heavy atom. The van der Waals surface area contributed by atoms with Gasteiger partial charge >= 0.3 is 0 Å². The van der Waals surface area contributed by atoms with Crippen LogP contribution < -0.4 is 52.4 Å². The molecule has 0 radical (unpaired) electrons. The van der Waals surface area contributed by atoms with Crippen molar-refractivity contribution in [3.05, 3.63) is 308 Å². The fourth-order valence-corrected chi connectivity index (χ4v) is 14.0. The van der Waals surface area contributed by atoms with Gasteiger partial charge in [-0.1, -0.05) is 211 Å². The molecule has 0 saturated carbocycles. The Labute approximate surface area is 480 Å². The maximum atomic E-state index is 6.11. The molecular formula is C75H55B2N5. The topological polar surface area (TPSA) is 25.9 Å². The van der Waals surface area contributed by atoms with E-state index in [1.807, 2.05) is 0 Å². The molecule has 0 fully saturated rings. The maximum absolute atomic E-state index is 6.11. The van der Waals surface area contributed by atoms with E-state index in [1.165, 1.54) is 72.1 Å². The van der Waals surface area contributed by atoms with Gasteiger partial charge in [-0.05, 0) is 166 Å². The van der Waals surface area contributed by atoms with E-state index in [9.17, 15) is 0 Å². The van der Waals surface area contributed by atoms with Crippen molar-refractivity contribution in [1.82, 2.24) is 4.98 Å². The first kappa shape index (κ1) is 47.9. The minimum Gasteiger partial charge on any atom is -0.311 e. The van der Waals surface area contributed by atoms with Gasteiger partial charge in [0.25, 0.3) is 6.71 Å². The maximum Gasteiger partial charge on any atom is 0.252 e. The van der Waals surface area contributed by atoms with Crippen molar-refractivity contribution in [2.45, 2.75) is 25.2 Å². The highest BCUT2D eigenvalue weighted by atomic mass is 15.3. The highest BCUT2D eigenvalue weighted by molar-refractivity contribution is 7.02. The Bertz CT molecular complexity index is 4300. The molecule has 0 saturated heterocycles. The van der Waals surface area contributed by atoms with Gasteiger partial charge in [-0.3, -0.25) is 9.80 Å². The lowest BCUT2D eigenvalue weighted by molar-refractivity contribution is 0.624. The van der Waals surface area contributed by atoms with Gasteiger partial charge < -0.3 is 9.80 Å². The van der Waals surface area contributed by atoms with Gasteiger partial charge in [0.2, 0.25) is 6.71 Å². The van der Waals surface area contributed by atoms with Crippen LogP contribution in [0.1, 0.15) is 29.0 Å². The number of benzene rings is 11. The number of para-hydroxylation sites is 6. The van der Waals surface area contributed by atoms with Gasteiger partial charge in [-0.15, -0.1) is 0 Å². The van der Waals surface area contributed by atoms with Gasteiger partial charge in [0.1, 0.15) is 11.6 Å². The molecule has 5 nitrogen and oxygen atoms in total. The fourth-order valence-electron chi connectivity index (χ4n) is 14.0. The van der Waals surface area contributed by atoms with Crippen LogP contribution in [0.3, 0.4) is 0 Å². The van der Waals surface area contributed by atoms with Crippen molar-refractivity contribution in [1.29, 1.82) is 0 Å². The van der Waals surface area contributed by atoms with Crippen LogP contribution in [0.15, 0.2) is 291 Å². The Morgan fingerprint density at radius 2 is 0.829 bits per heavy atom. The number of anilines is 12. The molecule has 386 valence electrons. The molecule has 0 amide bonds. The first-order chi connectivity index (χ1) is 40.7. The molecule has 11 aromatic carbocycles. The number of aryl methyl sites for hydroxylation is 1. The zero-order valence-corrected chi connectivity index (χ0v) is 45.3. The van der Waals surface area contributed by atoms with Crippen molar-refractivity contribution >= 4 is 115 Å². The lowest BCUT2D eigenvalue weighted by Gasteiger charge is -2.46. The summed E-state index contributed by atoms with van der Waals surface area (Å²) in [7, 11) is 0. The van der Waals surface area contributed by atoms with Crippen molar-refractivity contribution in [3.63, 3.8) is 0 Å². The van der Waals surface area contributed by atoms with Crippen LogP contribution in [-0.2, 0) is 12.8 Å². The third kappa shape index (κ3) is 7.90. The molecule has 0 aliphatic carbocycles. The summed E-state index contributed by atoms with van der Waals surface area (Å²) in [6.07, 6.45) is 2.81. The van der Waals surface area contributed by atoms with Crippen molar-refractivity contribution in [2.24, 2.45) is 0 Å². The van der Waals surface area contributed by atoms with E-state index >= 15 is 0 Å². The van der Waals surface area contributed by atoms with E-state index in [4.69, 9.17) is 4.98 Å². The van der Waals surface area contributed by atoms with E-state index in [-0.39, 0.29) is 19.3 Å². The molecule has 1 unspecified atom stereocenters. The average molecular weight is 1050 g/mol. The van der Waals surface area contributed by atoms with E-state index in [0.29, 0.717) is 0 Å². The van der Waals surface area contributed by atoms with Crippen LogP contribution in [0.25, 0.3) is 11.1 Å². The number of hydrogen-bond acceptors (Lipinski definition) is 5. The average Bonchev–Trinajstić information content (AvgIpc) is 1.89. The van der Waals surface area contributed by atoms with Crippen LogP contribution >= 0.6 is 0 Å². The summed E-state index contributed by atoms with van der Waals surface area (Å²) in [6.45, 7) is -0.247. The fraction of sp³-hybridized carbons (Fsp3) is 0.0533. The molecule has 0 N–H and O–H groups in total. The molecule has 7 heteroatoms. The largest absolute Gasteiger partial charge is 0.311 e. The normalized spacial score (nSPS) is 14.4. The van der Waals surface area contributed by atoms with Crippen molar-refractivity contribution < 1.29 is 0 Å². The van der Waals surface area contributed by atoms with E-state index in [0.717, 1.165) is 76.3 Å². The SMILES string of the molecule is c1ccc(-c2cc3c4c(c2)N(c2ccccc2)c2cc5c(cc2B4c2ccccc2N3c2ccccc2)B2c3ccccc3CCC(c3ccccc3)Cc3cc(N(c4ccccc4)c4ccccc4)nc(c32)N5c2ccccc2)cc1. The lowest BCUT2D eigenvalue weighted by Crippen LogP contribution is -2.64. The minimum atomic E-state index is -0.148. The second kappa shape index (κ2) is 19.9. The minimum absolute atomic E-state index is 0.0999. The summed E-state index contributed by atoms with van der Waals surface area (Å²) in [6, 6.07) is 108. The Kier molecular flexibility index (Phi) is 11.6. The van der Waals surface area contributed by atoms with Gasteiger partial charge in [0.05, 0.1) is 0 Å². The molecule has 1 aromatic heterocycles. The molecule has 5 heterocycles. The second-order valence-corrected chi connectivity index (χ2v) is 22.1. The summed E-state index contributed by atoms with van der Waals surface area (Å²) >= 11 is 0. The predicted octanol–water partition coefficient (Wildman–Crippen LogP) is 14.9. The van der Waals surface area contributed by atoms with E-state index in [2.05, 4.69) is 311 Å². The second-order valence-electron chi connectivity index (χ2n) is 22.1. The summed E-state index contributed by atoms with van der Waals surface area (Å²) in [5.41, 5.74) is 25.4. The van der Waals surface area contributed by atoms with E-state index in [1.54, 1.807) is 0 Å². The number of aromatic nitrogens is 1. The molecular weight excluding hydrogens is 992 g/mol. The molecule has 4 aliphatic heterocycles. The number of hydrogen-bond donors (Lipinski definition) is 0. The van der Waals surface area contributed by atoms with Crippen LogP contribution in [0.5, 0.6) is 0 Å². The molecule has 1 atom stereocenters. The Hall–Kier alpha value is -10.1. The highest BCUT2D eigenvalue weighted by Crippen LogP contribution is 2.49. The summed E-state index contributed by atoms with van der Waals surface area (Å²) in [4.78, 5) is 16.1. The summed E-state index contributed by atoms with van der Waals surface area (Å²) in [5.74, 6) is 2.09. The molecule has 0 spiro atoms. The molecule has 4 aliphatic rings. The standard InChI is InChI=1S/C75H55B2N5/c1-8-26-52(27-9-1)55-45-44-54-30-22-23-41-63(54)76-66-50-65-68(51-69(66)82(62-39-20-7-21-40-62)75-73(76)57(46-55)49-72(78-75)79(58-31-12-3-13-32-58)59-33-14-4-15-34-59)81(61-37-18-6-19-38-61)71-48-56(53-28-10-2-11-29-53)47-70-74(71)77(65)64-42-24-25-43-67(64)80(70)60-35-16-5-17-36-60/h1-43,47-51,55H,44-46H2. The Morgan fingerprint density at radius 3 is 1.44 bits per heavy atom. The first-order valence-corrected chi connectivity index (χ1v) is 28.8. The predicted molar refractivity (Wildman–Crippen MR) is 345 cm³/mol. The van der Waals surface area contributed by atoms with Gasteiger partial charge in [-0.25, -0.2) is 4.98 Å². The molecule has 16 rings (SSSR count). The number of nitrogens with zero attached hydrogens (tertiary/aromatic N) is 5. The van der Waals surface area contributed by atoms with Crippen molar-refractivity contribution in [2.75, 3.05) is 19.6 Å². The van der Waals surface area contributed by atoms with Crippen LogP contribution in [-0.4, -0.2) is 18.4 Å². The Balaban J connectivity index is 1.03. The van der Waals surface area contributed by atoms with Crippen LogP contribution in [0.2, 0.25) is 0 Å². The third-order valence-corrected chi connectivity index (χ3v) is 17.6. The van der Waals surface area contributed by atoms with Crippen LogP contribution in [0.4, 0.5) is 68.5 Å². The molecule has 0 bridgehead atoms. The first-order valence-electron chi connectivity index (χ1n) is 28.8. The van der Waals surface area contributed by atoms with Gasteiger partial charge in [-0.2, -0.15) is 0 Å². The van der Waals surface area contributed by atoms with Gasteiger partial charge in [0, 0.05) is 56.9 Å². The molecule has 12 aromatic rings. The zero-order valence-electron chi connectivity index (χ0n) is 45.3. The highest BCUT2D eigenvalue weighted by Gasteiger charge is 2.47. The number of pyridine rings is 1. The summed E-state index contributed by atoms with van der Waals surface area (Å²) < 4.78 is 0.